The highest BCUT2D eigenvalue weighted by Crippen LogP contribution is 2.27. The number of rotatable bonds is 4. The number of hydrogen-bond donors (Lipinski definition) is 0. The average Bonchev–Trinajstić information content (AvgIpc) is 2.73. The Kier molecular flexibility index (Phi) is 5.43. The van der Waals surface area contributed by atoms with E-state index >= 15 is 0 Å². The summed E-state index contributed by atoms with van der Waals surface area (Å²) < 4.78 is 6.53. The van der Waals surface area contributed by atoms with Crippen molar-refractivity contribution in [3.63, 3.8) is 0 Å². The number of pyridine rings is 2. The van der Waals surface area contributed by atoms with E-state index in [1.165, 1.54) is 0 Å². The van der Waals surface area contributed by atoms with Gasteiger partial charge in [0.05, 0.1) is 23.4 Å². The number of benzene rings is 1. The number of hydrogen-bond acceptors (Lipinski definition) is 5. The molecule has 144 valence electrons. The number of anilines is 1. The lowest BCUT2D eigenvalue weighted by Gasteiger charge is -2.36. The zero-order valence-corrected chi connectivity index (χ0v) is 17.2. The van der Waals surface area contributed by atoms with Gasteiger partial charge in [-0.15, -0.1) is 0 Å². The normalized spacial score (nSPS) is 14.4. The highest BCUT2D eigenvalue weighted by Gasteiger charge is 2.25. The number of halogens is 1. The van der Waals surface area contributed by atoms with Crippen LogP contribution < -0.4 is 9.64 Å². The molecule has 0 bridgehead atoms. The molecule has 0 aliphatic carbocycles. The molecule has 6 nitrogen and oxygen atoms in total. The molecule has 0 saturated carbocycles. The van der Waals surface area contributed by atoms with Crippen molar-refractivity contribution >= 4 is 38.6 Å². The van der Waals surface area contributed by atoms with Crippen molar-refractivity contribution in [1.29, 1.82) is 0 Å². The van der Waals surface area contributed by atoms with Crippen LogP contribution >= 0.6 is 15.9 Å². The van der Waals surface area contributed by atoms with Crippen LogP contribution in [0.2, 0.25) is 0 Å². The third kappa shape index (κ3) is 3.67. The first-order valence-electron chi connectivity index (χ1n) is 9.33. The van der Waals surface area contributed by atoms with Crippen LogP contribution in [0.1, 0.15) is 17.3 Å². The molecule has 0 atom stereocenters. The predicted molar refractivity (Wildman–Crippen MR) is 113 cm³/mol. The van der Waals surface area contributed by atoms with Crippen molar-refractivity contribution in [2.24, 2.45) is 0 Å². The number of piperazine rings is 1. The van der Waals surface area contributed by atoms with E-state index in [1.54, 1.807) is 6.20 Å². The first kappa shape index (κ1) is 18.7. The summed E-state index contributed by atoms with van der Waals surface area (Å²) in [6.07, 6.45) is 3.60. The van der Waals surface area contributed by atoms with Crippen molar-refractivity contribution in [2.75, 3.05) is 37.7 Å². The maximum atomic E-state index is 13.0. The Bertz CT molecular complexity index is 1000. The Morgan fingerprint density at radius 2 is 1.93 bits per heavy atom. The predicted octanol–water partition coefficient (Wildman–Crippen LogP) is 3.75. The number of carbonyl (C=O) groups excluding carboxylic acids is 1. The largest absolute Gasteiger partial charge is 0.493 e. The second-order valence-electron chi connectivity index (χ2n) is 6.56. The maximum absolute atomic E-state index is 13.0. The summed E-state index contributed by atoms with van der Waals surface area (Å²) in [7, 11) is 0. The van der Waals surface area contributed by atoms with Crippen LogP contribution in [0.25, 0.3) is 11.0 Å². The average molecular weight is 441 g/mol. The molecule has 4 rings (SSSR count). The molecule has 1 aliphatic heterocycles. The summed E-state index contributed by atoms with van der Waals surface area (Å²) >= 11 is 3.45. The minimum atomic E-state index is 0.0188. The van der Waals surface area contributed by atoms with Crippen molar-refractivity contribution in [3.05, 3.63) is 58.8 Å². The van der Waals surface area contributed by atoms with Gasteiger partial charge in [0.25, 0.3) is 5.91 Å². The van der Waals surface area contributed by atoms with E-state index in [0.717, 1.165) is 34.3 Å². The van der Waals surface area contributed by atoms with Gasteiger partial charge in [0.1, 0.15) is 11.3 Å². The van der Waals surface area contributed by atoms with Gasteiger partial charge in [0.15, 0.2) is 0 Å². The van der Waals surface area contributed by atoms with Gasteiger partial charge < -0.3 is 14.5 Å². The van der Waals surface area contributed by atoms with E-state index in [2.05, 4.69) is 30.8 Å². The molecular weight excluding hydrogens is 420 g/mol. The molecule has 1 aliphatic rings. The summed E-state index contributed by atoms with van der Waals surface area (Å²) in [5.41, 5.74) is 3.42. The van der Waals surface area contributed by atoms with E-state index in [4.69, 9.17) is 4.74 Å². The fraction of sp³-hybridized carbons (Fsp3) is 0.286. The number of aromatic nitrogens is 2. The highest BCUT2D eigenvalue weighted by molar-refractivity contribution is 9.10. The topological polar surface area (TPSA) is 58.6 Å². The molecule has 2 aromatic heterocycles. The number of carbonyl (C=O) groups is 1. The molecule has 3 aromatic rings. The summed E-state index contributed by atoms with van der Waals surface area (Å²) in [6.45, 7) is 5.26. The third-order valence-electron chi connectivity index (χ3n) is 4.85. The Labute approximate surface area is 172 Å². The number of para-hydroxylation sites is 1. The zero-order chi connectivity index (χ0) is 19.5. The molecule has 1 aromatic carbocycles. The molecule has 28 heavy (non-hydrogen) atoms. The summed E-state index contributed by atoms with van der Waals surface area (Å²) in [5, 5.41) is 0. The van der Waals surface area contributed by atoms with E-state index < -0.39 is 0 Å². The molecule has 7 heteroatoms. The van der Waals surface area contributed by atoms with Crippen molar-refractivity contribution in [2.45, 2.75) is 6.92 Å². The molecule has 0 radical (unpaired) electrons. The van der Waals surface area contributed by atoms with Crippen molar-refractivity contribution in [1.82, 2.24) is 14.9 Å². The highest BCUT2D eigenvalue weighted by atomic mass is 79.9. The molecule has 1 amide bonds. The lowest BCUT2D eigenvalue weighted by atomic mass is 10.1. The maximum Gasteiger partial charge on any atom is 0.257 e. The number of ether oxygens (including phenoxy) is 1. The van der Waals surface area contributed by atoms with Crippen LogP contribution in [0.15, 0.2) is 53.3 Å². The smallest absolute Gasteiger partial charge is 0.257 e. The third-order valence-corrected chi connectivity index (χ3v) is 5.28. The van der Waals surface area contributed by atoms with Crippen molar-refractivity contribution in [3.8, 4) is 5.75 Å². The molecule has 0 spiro atoms. The van der Waals surface area contributed by atoms with Gasteiger partial charge in [0.2, 0.25) is 0 Å². The van der Waals surface area contributed by atoms with Gasteiger partial charge in [-0.3, -0.25) is 14.8 Å². The van der Waals surface area contributed by atoms with Crippen molar-refractivity contribution < 1.29 is 9.53 Å². The quantitative estimate of drug-likeness (QED) is 0.617. The Morgan fingerprint density at radius 3 is 2.71 bits per heavy atom. The first-order valence-corrected chi connectivity index (χ1v) is 10.1. The first-order chi connectivity index (χ1) is 13.7. The van der Waals surface area contributed by atoms with Gasteiger partial charge in [-0.25, -0.2) is 0 Å². The molecule has 0 N–H and O–H groups in total. The van der Waals surface area contributed by atoms with Gasteiger partial charge in [0, 0.05) is 43.0 Å². The molecule has 3 heterocycles. The number of amides is 1. The van der Waals surface area contributed by atoms with Crippen LogP contribution in [0, 0.1) is 0 Å². The second-order valence-corrected chi connectivity index (χ2v) is 7.48. The standard InChI is InChI=1S/C21H21BrN4O2/c1-2-28-19-6-4-3-5-16(19)21(27)26-11-9-25(10-12-26)18-7-8-23-17-13-15(22)14-24-20(17)18/h3-8,13-14H,2,9-12H2,1H3. The monoisotopic (exact) mass is 440 g/mol. The zero-order valence-electron chi connectivity index (χ0n) is 15.6. The lowest BCUT2D eigenvalue weighted by Crippen LogP contribution is -2.49. The molecular formula is C21H21BrN4O2. The number of fused-ring (bicyclic) bond motifs is 1. The van der Waals surface area contributed by atoms with Crippen LogP contribution in [0.5, 0.6) is 5.75 Å². The van der Waals surface area contributed by atoms with E-state index in [1.807, 2.05) is 54.4 Å². The Morgan fingerprint density at radius 1 is 1.14 bits per heavy atom. The van der Waals surface area contributed by atoms with Gasteiger partial charge in [-0.1, -0.05) is 12.1 Å². The molecule has 1 fully saturated rings. The number of nitrogens with zero attached hydrogens (tertiary/aromatic N) is 4. The Balaban J connectivity index is 1.51. The van der Waals surface area contributed by atoms with E-state index in [-0.39, 0.29) is 5.91 Å². The van der Waals surface area contributed by atoms with Gasteiger partial charge in [-0.2, -0.15) is 0 Å². The second kappa shape index (κ2) is 8.14. The van der Waals surface area contributed by atoms with Crippen LogP contribution in [-0.2, 0) is 0 Å². The summed E-state index contributed by atoms with van der Waals surface area (Å²) in [6, 6.07) is 11.4. The Hall–Kier alpha value is -2.67. The minimum Gasteiger partial charge on any atom is -0.493 e. The summed E-state index contributed by atoms with van der Waals surface area (Å²) in [4.78, 5) is 26.1. The van der Waals surface area contributed by atoms with Crippen LogP contribution in [0.3, 0.4) is 0 Å². The fourth-order valence-corrected chi connectivity index (χ4v) is 3.81. The van der Waals surface area contributed by atoms with E-state index in [9.17, 15) is 4.79 Å². The van der Waals surface area contributed by atoms with Crippen LogP contribution in [0.4, 0.5) is 5.69 Å². The van der Waals surface area contributed by atoms with Crippen LogP contribution in [-0.4, -0.2) is 53.6 Å². The SMILES string of the molecule is CCOc1ccccc1C(=O)N1CCN(c2ccnc3cc(Br)cnc23)CC1. The van der Waals surface area contributed by atoms with E-state index in [0.29, 0.717) is 31.0 Å². The van der Waals surface area contributed by atoms with Gasteiger partial charge in [-0.05, 0) is 47.1 Å². The van der Waals surface area contributed by atoms with Gasteiger partial charge >= 0.3 is 0 Å². The molecule has 1 saturated heterocycles. The molecule has 0 unspecified atom stereocenters. The lowest BCUT2D eigenvalue weighted by molar-refractivity contribution is 0.0742. The summed E-state index contributed by atoms with van der Waals surface area (Å²) in [5.74, 6) is 0.665. The fourth-order valence-electron chi connectivity index (χ4n) is 3.49. The minimum absolute atomic E-state index is 0.0188.